The lowest BCUT2D eigenvalue weighted by Crippen LogP contribution is -2.25. The van der Waals surface area contributed by atoms with E-state index in [-0.39, 0.29) is 12.0 Å². The van der Waals surface area contributed by atoms with E-state index in [9.17, 15) is 0 Å². The van der Waals surface area contributed by atoms with E-state index in [2.05, 4.69) is 17.3 Å². The molecule has 0 aromatic heterocycles. The van der Waals surface area contributed by atoms with E-state index >= 15 is 0 Å². The third-order valence-corrected chi connectivity index (χ3v) is 1.33. The summed E-state index contributed by atoms with van der Waals surface area (Å²) in [4.78, 5) is 3.96. The Morgan fingerprint density at radius 2 is 2.25 bits per heavy atom. The van der Waals surface area contributed by atoms with E-state index in [0.29, 0.717) is 6.54 Å². The van der Waals surface area contributed by atoms with Crippen LogP contribution in [0.25, 0.3) is 0 Å². The van der Waals surface area contributed by atoms with Crippen LogP contribution in [0.3, 0.4) is 0 Å². The fourth-order valence-electron chi connectivity index (χ4n) is 0.840. The van der Waals surface area contributed by atoms with Gasteiger partial charge in [-0.25, -0.2) is 4.99 Å². The second kappa shape index (κ2) is 6.46. The second-order valence-electron chi connectivity index (χ2n) is 2.42. The molecule has 0 heterocycles. The largest absolute Gasteiger partial charge is 0.370 e. The molecule has 0 amide bonds. The first-order valence-electron chi connectivity index (χ1n) is 3.85. The summed E-state index contributed by atoms with van der Waals surface area (Å²) in [6.07, 6.45) is 3.45. The van der Waals surface area contributed by atoms with Gasteiger partial charge in [0.05, 0.1) is 6.04 Å². The van der Waals surface area contributed by atoms with Gasteiger partial charge < -0.3 is 17.2 Å². The van der Waals surface area contributed by atoms with Crippen molar-refractivity contribution in [2.75, 3.05) is 6.54 Å². The summed E-state index contributed by atoms with van der Waals surface area (Å²) in [6, 6.07) is -0.0314. The first-order valence-corrected chi connectivity index (χ1v) is 3.85. The average Bonchev–Trinajstić information content (AvgIpc) is 2.00. The van der Waals surface area contributed by atoms with Gasteiger partial charge in [-0.1, -0.05) is 6.58 Å². The SMILES string of the molecule is C=C=CC(CCCN)N=C(N)N. The van der Waals surface area contributed by atoms with Crippen LogP contribution >= 0.6 is 0 Å². The van der Waals surface area contributed by atoms with E-state index in [1.54, 1.807) is 6.08 Å². The van der Waals surface area contributed by atoms with Crippen LogP contribution in [0.15, 0.2) is 23.4 Å². The van der Waals surface area contributed by atoms with Crippen molar-refractivity contribution < 1.29 is 0 Å². The summed E-state index contributed by atoms with van der Waals surface area (Å²) >= 11 is 0. The Hall–Kier alpha value is -1.25. The monoisotopic (exact) mass is 168 g/mol. The van der Waals surface area contributed by atoms with Gasteiger partial charge in [-0.2, -0.15) is 0 Å². The summed E-state index contributed by atoms with van der Waals surface area (Å²) in [5.41, 5.74) is 18.4. The molecule has 0 rings (SSSR count). The van der Waals surface area contributed by atoms with Crippen molar-refractivity contribution in [3.63, 3.8) is 0 Å². The van der Waals surface area contributed by atoms with Crippen molar-refractivity contribution in [1.29, 1.82) is 0 Å². The van der Waals surface area contributed by atoms with Crippen LogP contribution in [-0.2, 0) is 0 Å². The molecule has 4 nitrogen and oxygen atoms in total. The van der Waals surface area contributed by atoms with Crippen LogP contribution in [0, 0.1) is 0 Å². The van der Waals surface area contributed by atoms with E-state index in [1.165, 1.54) is 0 Å². The Morgan fingerprint density at radius 1 is 1.58 bits per heavy atom. The summed E-state index contributed by atoms with van der Waals surface area (Å²) in [5.74, 6) is 0.0866. The van der Waals surface area contributed by atoms with Crippen LogP contribution < -0.4 is 17.2 Å². The fourth-order valence-corrected chi connectivity index (χ4v) is 0.840. The van der Waals surface area contributed by atoms with Crippen LogP contribution in [0.1, 0.15) is 12.8 Å². The van der Waals surface area contributed by atoms with Crippen molar-refractivity contribution in [3.05, 3.63) is 18.4 Å². The lowest BCUT2D eigenvalue weighted by atomic mass is 10.1. The Balaban J connectivity index is 4.04. The third-order valence-electron chi connectivity index (χ3n) is 1.33. The van der Waals surface area contributed by atoms with E-state index in [4.69, 9.17) is 17.2 Å². The molecule has 1 atom stereocenters. The van der Waals surface area contributed by atoms with Crippen molar-refractivity contribution in [2.24, 2.45) is 22.2 Å². The molecule has 68 valence electrons. The third kappa shape index (κ3) is 5.53. The Kier molecular flexibility index (Phi) is 5.79. The van der Waals surface area contributed by atoms with E-state index < -0.39 is 0 Å². The maximum atomic E-state index is 5.34. The van der Waals surface area contributed by atoms with Crippen LogP contribution in [0.2, 0.25) is 0 Å². The van der Waals surface area contributed by atoms with Crippen LogP contribution in [-0.4, -0.2) is 18.5 Å². The molecule has 0 aliphatic heterocycles. The van der Waals surface area contributed by atoms with Gasteiger partial charge >= 0.3 is 0 Å². The highest BCUT2D eigenvalue weighted by molar-refractivity contribution is 5.76. The Labute approximate surface area is 72.8 Å². The minimum Gasteiger partial charge on any atom is -0.370 e. The number of nitrogens with two attached hydrogens (primary N) is 3. The predicted octanol–water partition coefficient (Wildman–Crippen LogP) is -0.292. The Morgan fingerprint density at radius 3 is 2.67 bits per heavy atom. The molecule has 0 saturated heterocycles. The van der Waals surface area contributed by atoms with Gasteiger partial charge in [0, 0.05) is 0 Å². The number of aliphatic imine (C=N–C) groups is 1. The quantitative estimate of drug-likeness (QED) is 0.299. The number of guanidine groups is 1. The highest BCUT2D eigenvalue weighted by atomic mass is 15.0. The molecule has 0 aromatic carbocycles. The molecule has 0 saturated carbocycles. The molecule has 1 unspecified atom stereocenters. The molecule has 6 N–H and O–H groups in total. The zero-order valence-electron chi connectivity index (χ0n) is 7.16. The number of nitrogens with zero attached hydrogens (tertiary/aromatic N) is 1. The summed E-state index contributed by atoms with van der Waals surface area (Å²) in [7, 11) is 0. The van der Waals surface area contributed by atoms with Crippen molar-refractivity contribution in [3.8, 4) is 0 Å². The van der Waals surface area contributed by atoms with Gasteiger partial charge in [-0.15, -0.1) is 5.73 Å². The molecular formula is C8H16N4. The van der Waals surface area contributed by atoms with Gasteiger partial charge in [0.2, 0.25) is 0 Å². The van der Waals surface area contributed by atoms with Crippen LogP contribution in [0.4, 0.5) is 0 Å². The summed E-state index contributed by atoms with van der Waals surface area (Å²) in [5, 5.41) is 0. The van der Waals surface area contributed by atoms with Crippen LogP contribution in [0.5, 0.6) is 0 Å². The van der Waals surface area contributed by atoms with E-state index in [0.717, 1.165) is 12.8 Å². The zero-order valence-corrected chi connectivity index (χ0v) is 7.16. The molecule has 12 heavy (non-hydrogen) atoms. The standard InChI is InChI=1S/C8H16N4/c1-2-4-7(5-3-6-9)12-8(10)11/h4,7H,1,3,5-6,9H2,(H4,10,11,12). The minimum absolute atomic E-state index is 0.0314. The number of hydrogen-bond acceptors (Lipinski definition) is 2. The molecule has 0 aliphatic rings. The second-order valence-corrected chi connectivity index (χ2v) is 2.42. The first kappa shape index (κ1) is 10.8. The van der Waals surface area contributed by atoms with Crippen molar-refractivity contribution >= 4 is 5.96 Å². The normalized spacial score (nSPS) is 11.4. The lowest BCUT2D eigenvalue weighted by Gasteiger charge is -2.05. The first-order chi connectivity index (χ1) is 5.70. The molecule has 0 spiro atoms. The highest BCUT2D eigenvalue weighted by Crippen LogP contribution is 2.01. The summed E-state index contributed by atoms with van der Waals surface area (Å²) in [6.45, 7) is 4.09. The lowest BCUT2D eigenvalue weighted by molar-refractivity contribution is 0.675. The molecule has 4 heteroatoms. The molecule has 0 aliphatic carbocycles. The smallest absolute Gasteiger partial charge is 0.186 e. The topological polar surface area (TPSA) is 90.4 Å². The molecule has 0 radical (unpaired) electrons. The average molecular weight is 168 g/mol. The van der Waals surface area contributed by atoms with Gasteiger partial charge in [-0.05, 0) is 25.5 Å². The van der Waals surface area contributed by atoms with Gasteiger partial charge in [-0.3, -0.25) is 0 Å². The fraction of sp³-hybridized carbons (Fsp3) is 0.500. The minimum atomic E-state index is -0.0314. The molecule has 0 aromatic rings. The van der Waals surface area contributed by atoms with Gasteiger partial charge in [0.25, 0.3) is 0 Å². The summed E-state index contributed by atoms with van der Waals surface area (Å²) < 4.78 is 0. The zero-order chi connectivity index (χ0) is 9.40. The number of hydrogen-bond donors (Lipinski definition) is 3. The maximum Gasteiger partial charge on any atom is 0.186 e. The van der Waals surface area contributed by atoms with E-state index in [1.807, 2.05) is 0 Å². The highest BCUT2D eigenvalue weighted by Gasteiger charge is 2.00. The molecular weight excluding hydrogens is 152 g/mol. The number of rotatable bonds is 5. The molecule has 0 fully saturated rings. The predicted molar refractivity (Wildman–Crippen MR) is 51.6 cm³/mol. The van der Waals surface area contributed by atoms with Crippen molar-refractivity contribution in [2.45, 2.75) is 18.9 Å². The van der Waals surface area contributed by atoms with Gasteiger partial charge in [0.1, 0.15) is 0 Å². The molecule has 0 bridgehead atoms. The van der Waals surface area contributed by atoms with Gasteiger partial charge in [0.15, 0.2) is 5.96 Å². The van der Waals surface area contributed by atoms with Crippen molar-refractivity contribution in [1.82, 2.24) is 0 Å². The Bertz CT molecular complexity index is 187. The maximum absolute atomic E-state index is 5.34.